The Labute approximate surface area is 112 Å². The van der Waals surface area contributed by atoms with Gasteiger partial charge in [0.2, 0.25) is 0 Å². The summed E-state index contributed by atoms with van der Waals surface area (Å²) < 4.78 is 0. The molecular formula is C16H28N2. The Morgan fingerprint density at radius 1 is 1.17 bits per heavy atom. The van der Waals surface area contributed by atoms with Crippen molar-refractivity contribution in [2.24, 2.45) is 4.99 Å². The monoisotopic (exact) mass is 248 g/mol. The molecule has 18 heavy (non-hydrogen) atoms. The molecule has 0 aromatic carbocycles. The van der Waals surface area contributed by atoms with Gasteiger partial charge in [0.15, 0.2) is 0 Å². The van der Waals surface area contributed by atoms with E-state index in [0.29, 0.717) is 0 Å². The minimum Gasteiger partial charge on any atom is -0.355 e. The molecule has 0 aromatic heterocycles. The van der Waals surface area contributed by atoms with Gasteiger partial charge < -0.3 is 4.90 Å². The number of aliphatic imine (C=N–C) groups is 1. The van der Waals surface area contributed by atoms with Gasteiger partial charge in [0.25, 0.3) is 0 Å². The van der Waals surface area contributed by atoms with E-state index in [9.17, 15) is 0 Å². The first kappa shape index (κ1) is 13.6. The minimum atomic E-state index is 0.766. The Morgan fingerprint density at radius 2 is 2.00 bits per heavy atom. The summed E-state index contributed by atoms with van der Waals surface area (Å²) in [5.41, 5.74) is 1.45. The largest absolute Gasteiger partial charge is 0.355 e. The standard InChI is InChI=1S/C16H28N2/c1-2-3-4-6-9-15-12-17-14-18(13-15)16-10-7-5-8-11-16/h12-13,16H,2-11,14H2,1H3. The zero-order valence-corrected chi connectivity index (χ0v) is 11.9. The van der Waals surface area contributed by atoms with Gasteiger partial charge in [-0.15, -0.1) is 0 Å². The van der Waals surface area contributed by atoms with Gasteiger partial charge in [-0.2, -0.15) is 0 Å². The van der Waals surface area contributed by atoms with Crippen LogP contribution in [0.2, 0.25) is 0 Å². The van der Waals surface area contributed by atoms with Crippen LogP contribution in [-0.4, -0.2) is 23.8 Å². The lowest BCUT2D eigenvalue weighted by atomic mass is 9.94. The van der Waals surface area contributed by atoms with E-state index >= 15 is 0 Å². The zero-order valence-electron chi connectivity index (χ0n) is 11.9. The number of nitrogens with zero attached hydrogens (tertiary/aromatic N) is 2. The van der Waals surface area contributed by atoms with Gasteiger partial charge in [0.05, 0.1) is 0 Å². The molecule has 1 saturated carbocycles. The smallest absolute Gasteiger partial charge is 0.110 e. The van der Waals surface area contributed by atoms with Gasteiger partial charge in [-0.25, -0.2) is 0 Å². The lowest BCUT2D eigenvalue weighted by molar-refractivity contribution is 0.220. The van der Waals surface area contributed by atoms with E-state index in [1.807, 2.05) is 0 Å². The molecule has 2 heteroatoms. The van der Waals surface area contributed by atoms with Crippen LogP contribution in [0.4, 0.5) is 0 Å². The fourth-order valence-electron chi connectivity index (χ4n) is 3.06. The van der Waals surface area contributed by atoms with E-state index in [0.717, 1.165) is 12.7 Å². The van der Waals surface area contributed by atoms with Gasteiger partial charge in [0.1, 0.15) is 6.67 Å². The predicted molar refractivity (Wildman–Crippen MR) is 78.9 cm³/mol. The first-order valence-corrected chi connectivity index (χ1v) is 7.86. The van der Waals surface area contributed by atoms with Gasteiger partial charge >= 0.3 is 0 Å². The SMILES string of the molecule is CCCCCCC1=CN(C2CCCCC2)CN=C1. The normalized spacial score (nSPS) is 21.2. The van der Waals surface area contributed by atoms with Crippen molar-refractivity contribution in [3.63, 3.8) is 0 Å². The summed E-state index contributed by atoms with van der Waals surface area (Å²) in [6.07, 6.45) is 18.1. The third-order valence-electron chi connectivity index (χ3n) is 4.20. The number of unbranched alkanes of at least 4 members (excludes halogenated alkanes) is 3. The van der Waals surface area contributed by atoms with Crippen molar-refractivity contribution in [3.8, 4) is 0 Å². The Bertz CT molecular complexity index is 287. The highest BCUT2D eigenvalue weighted by atomic mass is 15.2. The van der Waals surface area contributed by atoms with Gasteiger partial charge in [-0.1, -0.05) is 45.4 Å². The van der Waals surface area contributed by atoms with E-state index < -0.39 is 0 Å². The Morgan fingerprint density at radius 3 is 2.78 bits per heavy atom. The summed E-state index contributed by atoms with van der Waals surface area (Å²) in [6.45, 7) is 3.16. The molecular weight excluding hydrogens is 220 g/mol. The van der Waals surface area contributed by atoms with E-state index in [2.05, 4.69) is 29.2 Å². The minimum absolute atomic E-state index is 0.766. The molecule has 2 aliphatic rings. The molecule has 1 aliphatic heterocycles. The molecule has 1 aliphatic carbocycles. The topological polar surface area (TPSA) is 15.6 Å². The van der Waals surface area contributed by atoms with Crippen molar-refractivity contribution in [1.82, 2.24) is 4.90 Å². The summed E-state index contributed by atoms with van der Waals surface area (Å²) in [6, 6.07) is 0.766. The summed E-state index contributed by atoms with van der Waals surface area (Å²) in [5, 5.41) is 0. The second-order valence-corrected chi connectivity index (χ2v) is 5.77. The number of hydrogen-bond donors (Lipinski definition) is 0. The van der Waals surface area contributed by atoms with Crippen molar-refractivity contribution in [2.45, 2.75) is 77.2 Å². The molecule has 0 aromatic rings. The lowest BCUT2D eigenvalue weighted by Gasteiger charge is -2.34. The van der Waals surface area contributed by atoms with Gasteiger partial charge in [-0.05, 0) is 31.3 Å². The Kier molecular flexibility index (Phi) is 5.76. The van der Waals surface area contributed by atoms with Crippen LogP contribution in [0, 0.1) is 0 Å². The Balaban J connectivity index is 1.78. The molecule has 0 N–H and O–H groups in total. The third-order valence-corrected chi connectivity index (χ3v) is 4.20. The maximum Gasteiger partial charge on any atom is 0.110 e. The second-order valence-electron chi connectivity index (χ2n) is 5.77. The first-order chi connectivity index (χ1) is 8.90. The highest BCUT2D eigenvalue weighted by Crippen LogP contribution is 2.24. The third kappa shape index (κ3) is 4.15. The fourth-order valence-corrected chi connectivity index (χ4v) is 3.06. The van der Waals surface area contributed by atoms with Crippen LogP contribution in [0.1, 0.15) is 71.1 Å². The molecule has 2 nitrogen and oxygen atoms in total. The molecule has 0 radical (unpaired) electrons. The summed E-state index contributed by atoms with van der Waals surface area (Å²) in [5.74, 6) is 0. The molecule has 0 amide bonds. The van der Waals surface area contributed by atoms with Crippen molar-refractivity contribution in [1.29, 1.82) is 0 Å². The van der Waals surface area contributed by atoms with Crippen LogP contribution >= 0.6 is 0 Å². The van der Waals surface area contributed by atoms with Crippen LogP contribution in [0.25, 0.3) is 0 Å². The lowest BCUT2D eigenvalue weighted by Crippen LogP contribution is -2.34. The average Bonchev–Trinajstić information content (AvgIpc) is 2.45. The van der Waals surface area contributed by atoms with Gasteiger partial charge in [0, 0.05) is 18.5 Å². The molecule has 0 atom stereocenters. The zero-order chi connectivity index (χ0) is 12.6. The molecule has 0 unspecified atom stereocenters. The molecule has 1 fully saturated rings. The summed E-state index contributed by atoms with van der Waals surface area (Å²) >= 11 is 0. The fraction of sp³-hybridized carbons (Fsp3) is 0.812. The summed E-state index contributed by atoms with van der Waals surface area (Å²) in [4.78, 5) is 7.04. The van der Waals surface area contributed by atoms with Crippen molar-refractivity contribution < 1.29 is 0 Å². The van der Waals surface area contributed by atoms with Crippen LogP contribution in [-0.2, 0) is 0 Å². The van der Waals surface area contributed by atoms with Crippen molar-refractivity contribution in [3.05, 3.63) is 11.8 Å². The Hall–Kier alpha value is -0.790. The maximum absolute atomic E-state index is 4.55. The molecule has 2 rings (SSSR count). The molecule has 102 valence electrons. The molecule has 1 heterocycles. The van der Waals surface area contributed by atoms with Crippen LogP contribution < -0.4 is 0 Å². The summed E-state index contributed by atoms with van der Waals surface area (Å²) in [7, 11) is 0. The highest BCUT2D eigenvalue weighted by molar-refractivity contribution is 5.78. The number of rotatable bonds is 6. The highest BCUT2D eigenvalue weighted by Gasteiger charge is 2.19. The van der Waals surface area contributed by atoms with E-state index in [1.54, 1.807) is 0 Å². The predicted octanol–water partition coefficient (Wildman–Crippen LogP) is 4.52. The van der Waals surface area contributed by atoms with Crippen molar-refractivity contribution in [2.75, 3.05) is 6.67 Å². The van der Waals surface area contributed by atoms with Gasteiger partial charge in [-0.3, -0.25) is 4.99 Å². The van der Waals surface area contributed by atoms with E-state index in [1.165, 1.54) is 69.8 Å². The second kappa shape index (κ2) is 7.60. The quantitative estimate of drug-likeness (QED) is 0.631. The van der Waals surface area contributed by atoms with E-state index in [4.69, 9.17) is 0 Å². The average molecular weight is 248 g/mol. The van der Waals surface area contributed by atoms with Crippen LogP contribution in [0.5, 0.6) is 0 Å². The van der Waals surface area contributed by atoms with Crippen LogP contribution in [0.15, 0.2) is 16.8 Å². The maximum atomic E-state index is 4.55. The molecule has 0 bridgehead atoms. The number of allylic oxidation sites excluding steroid dienone is 1. The van der Waals surface area contributed by atoms with Crippen molar-refractivity contribution >= 4 is 6.21 Å². The number of hydrogen-bond acceptors (Lipinski definition) is 2. The van der Waals surface area contributed by atoms with E-state index in [-0.39, 0.29) is 0 Å². The molecule has 0 spiro atoms. The van der Waals surface area contributed by atoms with Crippen LogP contribution in [0.3, 0.4) is 0 Å². The molecule has 0 saturated heterocycles. The first-order valence-electron chi connectivity index (χ1n) is 7.86.